The second-order valence-corrected chi connectivity index (χ2v) is 6.49. The number of nitrogens with zero attached hydrogens (tertiary/aromatic N) is 2. The number of aromatic nitrogens is 3. The molecule has 0 bridgehead atoms. The molecular formula is C15H21N5OS. The fraction of sp³-hybridized carbons (Fsp3) is 0.400. The summed E-state index contributed by atoms with van der Waals surface area (Å²) >= 11 is 1.26. The monoisotopic (exact) mass is 319 g/mol. The van der Waals surface area contributed by atoms with Gasteiger partial charge in [0.1, 0.15) is 0 Å². The van der Waals surface area contributed by atoms with Gasteiger partial charge in [-0.3, -0.25) is 4.79 Å². The minimum atomic E-state index is -0.315. The molecule has 2 aromatic rings. The zero-order valence-electron chi connectivity index (χ0n) is 13.0. The molecule has 118 valence electrons. The Bertz CT molecular complexity index is 625. The summed E-state index contributed by atoms with van der Waals surface area (Å²) in [6, 6.07) is 7.97. The molecule has 0 aliphatic rings. The molecule has 0 spiro atoms. The Morgan fingerprint density at radius 2 is 2.05 bits per heavy atom. The molecule has 2 atom stereocenters. The summed E-state index contributed by atoms with van der Waals surface area (Å²) in [4.78, 5) is 16.1. The van der Waals surface area contributed by atoms with Crippen molar-refractivity contribution in [1.82, 2.24) is 15.2 Å². The summed E-state index contributed by atoms with van der Waals surface area (Å²) in [5.41, 5.74) is 7.53. The van der Waals surface area contributed by atoms with Gasteiger partial charge in [0.2, 0.25) is 17.0 Å². The molecule has 0 saturated carbocycles. The number of hydrogen-bond donors (Lipinski definition) is 3. The van der Waals surface area contributed by atoms with Crippen molar-refractivity contribution >= 4 is 29.3 Å². The van der Waals surface area contributed by atoms with Crippen LogP contribution in [0.4, 0.5) is 11.6 Å². The van der Waals surface area contributed by atoms with Crippen LogP contribution in [0.15, 0.2) is 29.4 Å². The topological polar surface area (TPSA) is 96.7 Å². The number of thioether (sulfide) groups is 1. The number of rotatable bonds is 6. The van der Waals surface area contributed by atoms with Gasteiger partial charge in [-0.05, 0) is 37.0 Å². The maximum Gasteiger partial charge on any atom is 0.237 e. The highest BCUT2D eigenvalue weighted by Gasteiger charge is 2.17. The van der Waals surface area contributed by atoms with E-state index in [0.717, 1.165) is 12.1 Å². The van der Waals surface area contributed by atoms with Crippen molar-refractivity contribution in [2.24, 2.45) is 0 Å². The van der Waals surface area contributed by atoms with Crippen molar-refractivity contribution in [3.05, 3.63) is 29.8 Å². The first-order valence-electron chi connectivity index (χ1n) is 7.25. The SMILES string of the molecule is CC[C@@H](C)c1ccc(NC(=O)[C@H](C)Sc2n[nH]c(N)n2)cc1. The molecule has 4 N–H and O–H groups in total. The van der Waals surface area contributed by atoms with Crippen LogP contribution < -0.4 is 11.1 Å². The number of nitrogens with two attached hydrogens (primary N) is 1. The maximum atomic E-state index is 12.2. The first kappa shape index (κ1) is 16.4. The first-order chi connectivity index (χ1) is 10.5. The number of benzene rings is 1. The van der Waals surface area contributed by atoms with Crippen molar-refractivity contribution in [2.75, 3.05) is 11.1 Å². The van der Waals surface area contributed by atoms with Gasteiger partial charge in [0.25, 0.3) is 0 Å². The number of nitrogen functional groups attached to an aromatic ring is 1. The zero-order chi connectivity index (χ0) is 16.1. The van der Waals surface area contributed by atoms with Gasteiger partial charge in [-0.1, -0.05) is 37.7 Å². The minimum Gasteiger partial charge on any atom is -0.368 e. The van der Waals surface area contributed by atoms with E-state index < -0.39 is 0 Å². The lowest BCUT2D eigenvalue weighted by Gasteiger charge is -2.12. The van der Waals surface area contributed by atoms with Crippen LogP contribution >= 0.6 is 11.8 Å². The van der Waals surface area contributed by atoms with E-state index in [4.69, 9.17) is 5.73 Å². The lowest BCUT2D eigenvalue weighted by molar-refractivity contribution is -0.115. The molecule has 7 heteroatoms. The first-order valence-corrected chi connectivity index (χ1v) is 8.13. The van der Waals surface area contributed by atoms with Crippen molar-refractivity contribution in [3.8, 4) is 0 Å². The average molecular weight is 319 g/mol. The summed E-state index contributed by atoms with van der Waals surface area (Å²) in [6.45, 7) is 6.16. The molecule has 1 aromatic heterocycles. The Hall–Kier alpha value is -2.02. The van der Waals surface area contributed by atoms with Crippen LogP contribution in [0, 0.1) is 0 Å². The minimum absolute atomic E-state index is 0.0929. The number of carbonyl (C=O) groups excluding carboxylic acids is 1. The summed E-state index contributed by atoms with van der Waals surface area (Å²) in [5.74, 6) is 0.677. The van der Waals surface area contributed by atoms with Crippen LogP contribution in [0.2, 0.25) is 0 Å². The normalized spacial score (nSPS) is 13.6. The van der Waals surface area contributed by atoms with E-state index in [2.05, 4.69) is 46.5 Å². The van der Waals surface area contributed by atoms with Gasteiger partial charge in [0.05, 0.1) is 5.25 Å². The Balaban J connectivity index is 1.93. The number of carbonyl (C=O) groups is 1. The quantitative estimate of drug-likeness (QED) is 0.711. The van der Waals surface area contributed by atoms with E-state index in [1.54, 1.807) is 6.92 Å². The lowest BCUT2D eigenvalue weighted by Crippen LogP contribution is -2.22. The molecule has 0 fully saturated rings. The van der Waals surface area contributed by atoms with Crippen LogP contribution in [0.25, 0.3) is 0 Å². The maximum absolute atomic E-state index is 12.2. The molecule has 1 heterocycles. The third kappa shape index (κ3) is 4.24. The molecule has 1 aromatic carbocycles. The molecular weight excluding hydrogens is 298 g/mol. The third-order valence-corrected chi connectivity index (χ3v) is 4.45. The molecule has 0 radical (unpaired) electrons. The summed E-state index contributed by atoms with van der Waals surface area (Å²) in [5, 5.41) is 9.50. The molecule has 1 amide bonds. The molecule has 0 unspecified atom stereocenters. The second kappa shape index (κ2) is 7.31. The van der Waals surface area contributed by atoms with E-state index in [1.165, 1.54) is 17.3 Å². The highest BCUT2D eigenvalue weighted by Crippen LogP contribution is 2.23. The molecule has 0 saturated heterocycles. The Morgan fingerprint density at radius 1 is 1.36 bits per heavy atom. The van der Waals surface area contributed by atoms with Crippen LogP contribution in [0.3, 0.4) is 0 Å². The van der Waals surface area contributed by atoms with Crippen LogP contribution in [-0.2, 0) is 4.79 Å². The number of hydrogen-bond acceptors (Lipinski definition) is 5. The summed E-state index contributed by atoms with van der Waals surface area (Å²) in [7, 11) is 0. The number of anilines is 2. The number of aromatic amines is 1. The Labute approximate surface area is 134 Å². The van der Waals surface area contributed by atoms with Gasteiger partial charge < -0.3 is 11.1 Å². The van der Waals surface area contributed by atoms with Crippen LogP contribution in [0.5, 0.6) is 0 Å². The molecule has 2 rings (SSSR count). The van der Waals surface area contributed by atoms with E-state index in [1.807, 2.05) is 12.1 Å². The van der Waals surface area contributed by atoms with E-state index >= 15 is 0 Å². The number of nitrogens with one attached hydrogen (secondary N) is 2. The number of H-pyrrole nitrogens is 1. The Kier molecular flexibility index (Phi) is 5.43. The lowest BCUT2D eigenvalue weighted by atomic mass is 9.99. The van der Waals surface area contributed by atoms with Gasteiger partial charge >= 0.3 is 0 Å². The predicted molar refractivity (Wildman–Crippen MR) is 89.9 cm³/mol. The van der Waals surface area contributed by atoms with Gasteiger partial charge in [-0.15, -0.1) is 5.10 Å². The van der Waals surface area contributed by atoms with Crippen LogP contribution in [-0.4, -0.2) is 26.3 Å². The van der Waals surface area contributed by atoms with E-state index in [-0.39, 0.29) is 17.1 Å². The molecule has 22 heavy (non-hydrogen) atoms. The van der Waals surface area contributed by atoms with Gasteiger partial charge in [-0.25, -0.2) is 5.10 Å². The molecule has 6 nitrogen and oxygen atoms in total. The summed E-state index contributed by atoms with van der Waals surface area (Å²) < 4.78 is 0. The van der Waals surface area contributed by atoms with Gasteiger partial charge in [0, 0.05) is 5.69 Å². The predicted octanol–water partition coefficient (Wildman–Crippen LogP) is 3.02. The molecule has 0 aliphatic heterocycles. The fourth-order valence-corrected chi connectivity index (χ4v) is 2.63. The van der Waals surface area contributed by atoms with E-state index in [0.29, 0.717) is 11.1 Å². The Morgan fingerprint density at radius 3 is 2.59 bits per heavy atom. The van der Waals surface area contributed by atoms with E-state index in [9.17, 15) is 4.79 Å². The smallest absolute Gasteiger partial charge is 0.237 e. The number of amides is 1. The van der Waals surface area contributed by atoms with Crippen molar-refractivity contribution in [2.45, 2.75) is 43.5 Å². The average Bonchev–Trinajstić information content (AvgIpc) is 2.92. The van der Waals surface area contributed by atoms with Crippen molar-refractivity contribution < 1.29 is 4.79 Å². The van der Waals surface area contributed by atoms with Gasteiger partial charge in [-0.2, -0.15) is 4.98 Å². The fourth-order valence-electron chi connectivity index (χ4n) is 1.90. The largest absolute Gasteiger partial charge is 0.368 e. The van der Waals surface area contributed by atoms with Crippen molar-refractivity contribution in [1.29, 1.82) is 0 Å². The standard InChI is InChI=1S/C15H21N5OS/c1-4-9(2)11-5-7-12(8-6-11)17-13(21)10(3)22-15-18-14(16)19-20-15/h5-10H,4H2,1-3H3,(H,17,21)(H3,16,18,19,20)/t9-,10+/m1/s1. The van der Waals surface area contributed by atoms with Crippen molar-refractivity contribution in [3.63, 3.8) is 0 Å². The highest BCUT2D eigenvalue weighted by molar-refractivity contribution is 8.00. The van der Waals surface area contributed by atoms with Gasteiger partial charge in [0.15, 0.2) is 0 Å². The third-order valence-electron chi connectivity index (χ3n) is 3.49. The zero-order valence-corrected chi connectivity index (χ0v) is 13.8. The summed E-state index contributed by atoms with van der Waals surface area (Å²) in [6.07, 6.45) is 1.10. The highest BCUT2D eigenvalue weighted by atomic mass is 32.2. The second-order valence-electron chi connectivity index (χ2n) is 5.18. The van der Waals surface area contributed by atoms with Crippen LogP contribution in [0.1, 0.15) is 38.7 Å². The molecule has 0 aliphatic carbocycles.